The second-order valence-corrected chi connectivity index (χ2v) is 9.53. The predicted molar refractivity (Wildman–Crippen MR) is 134 cm³/mol. The number of rotatable bonds is 5. The van der Waals surface area contributed by atoms with Crippen molar-refractivity contribution in [2.45, 2.75) is 64.0 Å². The van der Waals surface area contributed by atoms with Crippen LogP contribution in [-0.2, 0) is 17.5 Å². The van der Waals surface area contributed by atoms with E-state index < -0.39 is 11.7 Å². The van der Waals surface area contributed by atoms with Gasteiger partial charge in [-0.25, -0.2) is 0 Å². The number of aliphatic imine (C=N–C) groups is 1. The molecule has 1 unspecified atom stereocenters. The smallest absolute Gasteiger partial charge is 0.325 e. The molecule has 184 valence electrons. The van der Waals surface area contributed by atoms with Crippen LogP contribution in [0.5, 0.6) is 0 Å². The molecule has 0 radical (unpaired) electrons. The molecule has 1 aliphatic carbocycles. The number of hydrogen-bond acceptors (Lipinski definition) is 3. The molecule has 4 rings (SSSR count). The molecule has 1 amide bonds. The van der Waals surface area contributed by atoms with Gasteiger partial charge in [0.1, 0.15) is 6.17 Å². The molecule has 2 aliphatic rings. The van der Waals surface area contributed by atoms with E-state index in [1.54, 1.807) is 16.7 Å². The summed E-state index contributed by atoms with van der Waals surface area (Å²) in [5, 5.41) is 0.911. The summed E-state index contributed by atoms with van der Waals surface area (Å²) in [7, 11) is 0. The highest BCUT2D eigenvalue weighted by Gasteiger charge is 2.38. The van der Waals surface area contributed by atoms with Crippen LogP contribution < -0.4 is 4.90 Å². The molecule has 1 saturated heterocycles. The van der Waals surface area contributed by atoms with Crippen molar-refractivity contribution in [3.63, 3.8) is 0 Å². The van der Waals surface area contributed by atoms with Gasteiger partial charge in [-0.1, -0.05) is 61.4 Å². The number of thioether (sulfide) groups is 1. The summed E-state index contributed by atoms with van der Waals surface area (Å²) >= 11 is 1.62. The first-order valence-electron chi connectivity index (χ1n) is 11.3. The summed E-state index contributed by atoms with van der Waals surface area (Å²) in [6.07, 6.45) is 1.01. The first kappa shape index (κ1) is 26.4. The summed E-state index contributed by atoms with van der Waals surface area (Å²) in [4.78, 5) is 21.5. The number of benzene rings is 2. The molecule has 1 heterocycles. The fourth-order valence-corrected chi connectivity index (χ4v) is 5.67. The Hall–Kier alpha value is -2.19. The zero-order valence-electron chi connectivity index (χ0n) is 19.0. The third-order valence-electron chi connectivity index (χ3n) is 6.14. The van der Waals surface area contributed by atoms with E-state index in [0.717, 1.165) is 35.7 Å². The lowest BCUT2D eigenvalue weighted by Gasteiger charge is -2.35. The van der Waals surface area contributed by atoms with Crippen LogP contribution in [0.25, 0.3) is 0 Å². The van der Waals surface area contributed by atoms with Crippen molar-refractivity contribution in [1.29, 1.82) is 0 Å². The third kappa shape index (κ3) is 6.27. The molecule has 0 spiro atoms. The molecule has 1 aliphatic heterocycles. The van der Waals surface area contributed by atoms with Crippen molar-refractivity contribution in [3.8, 4) is 0 Å². The lowest BCUT2D eigenvalue weighted by molar-refractivity contribution is -0.137. The molecule has 2 aromatic carbocycles. The third-order valence-corrected chi connectivity index (χ3v) is 7.20. The molecule has 0 N–H and O–H groups in total. The van der Waals surface area contributed by atoms with E-state index in [2.05, 4.69) is 4.90 Å². The van der Waals surface area contributed by atoms with Crippen molar-refractivity contribution >= 4 is 40.9 Å². The van der Waals surface area contributed by atoms with Gasteiger partial charge in [-0.3, -0.25) is 14.7 Å². The minimum Gasteiger partial charge on any atom is -0.325 e. The molecule has 2 fully saturated rings. The molecule has 0 bridgehead atoms. The fourth-order valence-electron chi connectivity index (χ4n) is 4.47. The van der Waals surface area contributed by atoms with Crippen LogP contribution in [0, 0.1) is 0 Å². The quantitative estimate of drug-likeness (QED) is 0.445. The second-order valence-electron chi connectivity index (χ2n) is 8.54. The van der Waals surface area contributed by atoms with E-state index in [0.29, 0.717) is 18.0 Å². The summed E-state index contributed by atoms with van der Waals surface area (Å²) in [6.45, 7) is 2.04. The first-order valence-corrected chi connectivity index (χ1v) is 12.3. The minimum absolute atomic E-state index is 0. The number of carbonyl (C=O) groups is 1. The second kappa shape index (κ2) is 11.5. The molecular formula is C25H29ClF3N3OS. The van der Waals surface area contributed by atoms with Crippen LogP contribution in [0.4, 0.5) is 18.9 Å². The average Bonchev–Trinajstić information content (AvgIpc) is 3.16. The van der Waals surface area contributed by atoms with Gasteiger partial charge >= 0.3 is 6.18 Å². The van der Waals surface area contributed by atoms with Crippen molar-refractivity contribution in [2.24, 2.45) is 4.99 Å². The summed E-state index contributed by atoms with van der Waals surface area (Å²) < 4.78 is 39.2. The number of anilines is 1. The van der Waals surface area contributed by atoms with Gasteiger partial charge in [0, 0.05) is 24.9 Å². The van der Waals surface area contributed by atoms with Crippen LogP contribution in [0.2, 0.25) is 0 Å². The Morgan fingerprint density at radius 1 is 1.06 bits per heavy atom. The summed E-state index contributed by atoms with van der Waals surface area (Å²) in [5.41, 5.74) is 0.826. The van der Waals surface area contributed by atoms with E-state index in [4.69, 9.17) is 4.99 Å². The highest BCUT2D eigenvalue weighted by Crippen LogP contribution is 2.35. The van der Waals surface area contributed by atoms with E-state index >= 15 is 0 Å². The first-order chi connectivity index (χ1) is 15.8. The van der Waals surface area contributed by atoms with E-state index in [9.17, 15) is 18.0 Å². The minimum atomic E-state index is -4.41. The number of carbonyl (C=O) groups excluding carboxylic acids is 1. The number of hydrogen-bond donors (Lipinski definition) is 0. The fraction of sp³-hybridized carbons (Fsp3) is 0.440. The largest absolute Gasteiger partial charge is 0.416 e. The predicted octanol–water partition coefficient (Wildman–Crippen LogP) is 6.74. The van der Waals surface area contributed by atoms with Gasteiger partial charge in [-0.15, -0.1) is 12.4 Å². The Balaban J connectivity index is 0.00000324. The molecular weight excluding hydrogens is 483 g/mol. The van der Waals surface area contributed by atoms with E-state index in [1.165, 1.54) is 38.3 Å². The van der Waals surface area contributed by atoms with Crippen LogP contribution in [0.15, 0.2) is 59.6 Å². The van der Waals surface area contributed by atoms with Gasteiger partial charge in [0.15, 0.2) is 5.17 Å². The average molecular weight is 512 g/mol. The maximum Gasteiger partial charge on any atom is 0.416 e. The SMILES string of the molecule is CC(=O)N(c1ccc(C(F)(F)F)cc1)C1CSC(=NC2CCCCC2)N1Cc1ccccc1.Cl. The zero-order valence-corrected chi connectivity index (χ0v) is 20.6. The normalized spacial score (nSPS) is 20.3. The maximum absolute atomic E-state index is 13.1. The lowest BCUT2D eigenvalue weighted by atomic mass is 9.96. The zero-order chi connectivity index (χ0) is 23.4. The Morgan fingerprint density at radius 3 is 2.29 bits per heavy atom. The molecule has 9 heteroatoms. The maximum atomic E-state index is 13.1. The van der Waals surface area contributed by atoms with Gasteiger partial charge in [0.25, 0.3) is 0 Å². The Morgan fingerprint density at radius 2 is 1.71 bits per heavy atom. The molecule has 34 heavy (non-hydrogen) atoms. The number of alkyl halides is 3. The Bertz CT molecular complexity index is 979. The van der Waals surface area contributed by atoms with Crippen LogP contribution in [0.1, 0.15) is 50.2 Å². The van der Waals surface area contributed by atoms with Crippen molar-refractivity contribution in [3.05, 3.63) is 65.7 Å². The van der Waals surface area contributed by atoms with E-state index in [1.807, 2.05) is 30.3 Å². The number of amidine groups is 1. The lowest BCUT2D eigenvalue weighted by Crippen LogP contribution is -2.49. The van der Waals surface area contributed by atoms with Gasteiger partial charge in [-0.05, 0) is 42.7 Å². The van der Waals surface area contributed by atoms with Gasteiger partial charge < -0.3 is 4.90 Å². The number of nitrogens with zero attached hydrogens (tertiary/aromatic N) is 3. The van der Waals surface area contributed by atoms with Gasteiger partial charge in [0.2, 0.25) is 5.91 Å². The van der Waals surface area contributed by atoms with Crippen molar-refractivity contribution in [2.75, 3.05) is 10.7 Å². The number of halogens is 4. The highest BCUT2D eigenvalue weighted by molar-refractivity contribution is 8.14. The van der Waals surface area contributed by atoms with Crippen molar-refractivity contribution in [1.82, 2.24) is 4.90 Å². The molecule has 1 atom stereocenters. The van der Waals surface area contributed by atoms with Gasteiger partial charge in [0.05, 0.1) is 11.6 Å². The van der Waals surface area contributed by atoms with Gasteiger partial charge in [-0.2, -0.15) is 13.2 Å². The van der Waals surface area contributed by atoms with Crippen LogP contribution in [-0.4, -0.2) is 33.9 Å². The van der Waals surface area contributed by atoms with Crippen molar-refractivity contribution < 1.29 is 18.0 Å². The van der Waals surface area contributed by atoms with Crippen LogP contribution in [0.3, 0.4) is 0 Å². The summed E-state index contributed by atoms with van der Waals surface area (Å²) in [6, 6.07) is 15.1. The van der Waals surface area contributed by atoms with Crippen LogP contribution >= 0.6 is 24.2 Å². The molecule has 4 nitrogen and oxygen atoms in total. The number of amides is 1. The Labute approximate surface area is 209 Å². The standard InChI is InChI=1S/C25H28F3N3OS.ClH/c1-18(32)31(22-14-12-20(13-15-22)25(26,27)28)23-17-33-24(29-21-10-6-3-7-11-21)30(23)16-19-8-4-2-5-9-19;/h2,4-5,8-9,12-15,21,23H,3,6-7,10-11,16-17H2,1H3;1H. The monoisotopic (exact) mass is 511 g/mol. The summed E-state index contributed by atoms with van der Waals surface area (Å²) in [5.74, 6) is 0.399. The topological polar surface area (TPSA) is 35.9 Å². The molecule has 0 aromatic heterocycles. The molecule has 1 saturated carbocycles. The van der Waals surface area contributed by atoms with E-state index in [-0.39, 0.29) is 30.5 Å². The highest BCUT2D eigenvalue weighted by atomic mass is 35.5. The molecule has 2 aromatic rings. The Kier molecular flexibility index (Phi) is 8.93.